The van der Waals surface area contributed by atoms with Gasteiger partial charge in [-0.25, -0.2) is 4.79 Å². The Morgan fingerprint density at radius 2 is 2.07 bits per heavy atom. The first-order chi connectivity index (χ1) is 7.16. The van der Waals surface area contributed by atoms with Gasteiger partial charge in [-0.05, 0) is 12.5 Å². The van der Waals surface area contributed by atoms with Crippen LogP contribution in [0.4, 0.5) is 5.82 Å². The van der Waals surface area contributed by atoms with Crippen molar-refractivity contribution in [3.63, 3.8) is 0 Å². The molecule has 0 amide bonds. The smallest absolute Gasteiger partial charge is 0.347 e. The highest BCUT2D eigenvalue weighted by Crippen LogP contribution is 2.20. The van der Waals surface area contributed by atoms with Gasteiger partial charge in [0.2, 0.25) is 0 Å². The zero-order valence-corrected chi connectivity index (χ0v) is 8.32. The predicted molar refractivity (Wildman–Crippen MR) is 59.4 cm³/mol. The van der Waals surface area contributed by atoms with E-state index in [4.69, 9.17) is 5.73 Å². The van der Waals surface area contributed by atoms with Crippen LogP contribution in [-0.2, 0) is 0 Å². The number of hydrogen-bond acceptors (Lipinski definition) is 3. The van der Waals surface area contributed by atoms with Crippen LogP contribution in [0, 0.1) is 6.92 Å². The van der Waals surface area contributed by atoms with Crippen molar-refractivity contribution in [3.8, 4) is 11.3 Å². The first-order valence-electron chi connectivity index (χ1n) is 4.59. The quantitative estimate of drug-likeness (QED) is 0.731. The molecule has 3 N–H and O–H groups in total. The molecular weight excluding hydrogens is 190 g/mol. The fourth-order valence-corrected chi connectivity index (χ4v) is 1.50. The maximum Gasteiger partial charge on any atom is 0.347 e. The third-order valence-electron chi connectivity index (χ3n) is 2.20. The van der Waals surface area contributed by atoms with E-state index in [0.717, 1.165) is 11.1 Å². The van der Waals surface area contributed by atoms with Crippen molar-refractivity contribution in [1.29, 1.82) is 0 Å². The minimum Gasteiger partial charge on any atom is -0.383 e. The third-order valence-corrected chi connectivity index (χ3v) is 2.20. The molecule has 0 bridgehead atoms. The normalized spacial score (nSPS) is 10.2. The highest BCUT2D eigenvalue weighted by Gasteiger charge is 2.03. The molecule has 0 aliphatic heterocycles. The lowest BCUT2D eigenvalue weighted by Crippen LogP contribution is -2.13. The Morgan fingerprint density at radius 1 is 1.33 bits per heavy atom. The average Bonchev–Trinajstić information content (AvgIpc) is 2.16. The number of aromatic nitrogens is 2. The van der Waals surface area contributed by atoms with E-state index in [1.54, 1.807) is 6.07 Å². The summed E-state index contributed by atoms with van der Waals surface area (Å²) in [4.78, 5) is 17.4. The van der Waals surface area contributed by atoms with E-state index in [0.29, 0.717) is 5.69 Å². The Bertz CT molecular complexity index is 546. The lowest BCUT2D eigenvalue weighted by atomic mass is 10.1. The van der Waals surface area contributed by atoms with Crippen LogP contribution >= 0.6 is 0 Å². The second-order valence-corrected chi connectivity index (χ2v) is 3.34. The molecule has 0 saturated carbocycles. The fourth-order valence-electron chi connectivity index (χ4n) is 1.50. The molecule has 0 spiro atoms. The van der Waals surface area contributed by atoms with E-state index in [-0.39, 0.29) is 5.82 Å². The topological polar surface area (TPSA) is 71.8 Å². The largest absolute Gasteiger partial charge is 0.383 e. The first-order valence-corrected chi connectivity index (χ1v) is 4.59. The molecule has 15 heavy (non-hydrogen) atoms. The minimum atomic E-state index is -0.423. The standard InChI is InChI=1S/C11H11N3O/c1-7-4-2-3-5-8(7)9-6-10(12)14-11(15)13-9/h2-6H,1H3,(H3,12,13,14,15). The van der Waals surface area contributed by atoms with Gasteiger partial charge in [-0.3, -0.25) is 0 Å². The first kappa shape index (κ1) is 9.45. The van der Waals surface area contributed by atoms with Gasteiger partial charge < -0.3 is 10.7 Å². The van der Waals surface area contributed by atoms with E-state index in [1.807, 2.05) is 31.2 Å². The predicted octanol–water partition coefficient (Wildman–Crippen LogP) is 1.33. The molecule has 2 rings (SSSR count). The number of nitrogens with two attached hydrogens (primary N) is 1. The van der Waals surface area contributed by atoms with Gasteiger partial charge in [-0.2, -0.15) is 4.98 Å². The van der Waals surface area contributed by atoms with Gasteiger partial charge in [0.1, 0.15) is 5.82 Å². The zero-order valence-electron chi connectivity index (χ0n) is 8.32. The molecule has 1 aromatic carbocycles. The van der Waals surface area contributed by atoms with Crippen molar-refractivity contribution in [2.75, 3.05) is 5.73 Å². The summed E-state index contributed by atoms with van der Waals surface area (Å²) >= 11 is 0. The van der Waals surface area contributed by atoms with Crippen molar-refractivity contribution in [2.24, 2.45) is 0 Å². The van der Waals surface area contributed by atoms with Gasteiger partial charge in [-0.15, -0.1) is 0 Å². The molecule has 1 aromatic heterocycles. The molecule has 0 aliphatic carbocycles. The lowest BCUT2D eigenvalue weighted by molar-refractivity contribution is 1.09. The number of H-pyrrole nitrogens is 1. The van der Waals surface area contributed by atoms with Crippen LogP contribution in [0.25, 0.3) is 11.3 Å². The van der Waals surface area contributed by atoms with Crippen molar-refractivity contribution >= 4 is 5.82 Å². The summed E-state index contributed by atoms with van der Waals surface area (Å²) in [6.45, 7) is 1.98. The lowest BCUT2D eigenvalue weighted by Gasteiger charge is -2.05. The van der Waals surface area contributed by atoms with Gasteiger partial charge in [0, 0.05) is 11.6 Å². The number of hydrogen-bond donors (Lipinski definition) is 2. The number of aryl methyl sites for hydroxylation is 1. The van der Waals surface area contributed by atoms with Gasteiger partial charge in [0.05, 0.1) is 5.69 Å². The van der Waals surface area contributed by atoms with Crippen molar-refractivity contribution < 1.29 is 0 Å². The molecule has 0 atom stereocenters. The van der Waals surface area contributed by atoms with Gasteiger partial charge in [0.15, 0.2) is 0 Å². The maximum absolute atomic E-state index is 11.1. The van der Waals surface area contributed by atoms with E-state index < -0.39 is 5.69 Å². The number of rotatable bonds is 1. The zero-order chi connectivity index (χ0) is 10.8. The Kier molecular flexibility index (Phi) is 2.25. The van der Waals surface area contributed by atoms with Crippen LogP contribution in [0.2, 0.25) is 0 Å². The Balaban J connectivity index is 2.64. The summed E-state index contributed by atoms with van der Waals surface area (Å²) in [5.41, 5.74) is 7.84. The summed E-state index contributed by atoms with van der Waals surface area (Å²) in [5, 5.41) is 0. The molecule has 0 aliphatic rings. The highest BCUT2D eigenvalue weighted by molar-refractivity contribution is 5.64. The fraction of sp³-hybridized carbons (Fsp3) is 0.0909. The molecule has 4 heteroatoms. The van der Waals surface area contributed by atoms with E-state index >= 15 is 0 Å². The molecule has 0 unspecified atom stereocenters. The van der Waals surface area contributed by atoms with Crippen molar-refractivity contribution in [3.05, 3.63) is 46.4 Å². The molecular formula is C11H11N3O. The van der Waals surface area contributed by atoms with E-state index in [2.05, 4.69) is 9.97 Å². The average molecular weight is 201 g/mol. The molecule has 4 nitrogen and oxygen atoms in total. The number of benzene rings is 1. The Morgan fingerprint density at radius 3 is 2.73 bits per heavy atom. The minimum absolute atomic E-state index is 0.233. The summed E-state index contributed by atoms with van der Waals surface area (Å²) in [5.74, 6) is 0.233. The monoisotopic (exact) mass is 201 g/mol. The summed E-state index contributed by atoms with van der Waals surface area (Å²) < 4.78 is 0. The second-order valence-electron chi connectivity index (χ2n) is 3.34. The Hall–Kier alpha value is -2.10. The highest BCUT2D eigenvalue weighted by atomic mass is 16.1. The second kappa shape index (κ2) is 3.57. The van der Waals surface area contributed by atoms with E-state index in [1.165, 1.54) is 0 Å². The van der Waals surface area contributed by atoms with Crippen LogP contribution in [0.5, 0.6) is 0 Å². The van der Waals surface area contributed by atoms with Gasteiger partial charge in [-0.1, -0.05) is 24.3 Å². The van der Waals surface area contributed by atoms with Crippen LogP contribution < -0.4 is 11.4 Å². The molecule has 0 radical (unpaired) electrons. The van der Waals surface area contributed by atoms with Crippen molar-refractivity contribution in [2.45, 2.75) is 6.92 Å². The third kappa shape index (κ3) is 1.88. The molecule has 1 heterocycles. The number of nitrogen functional groups attached to an aromatic ring is 1. The van der Waals surface area contributed by atoms with E-state index in [9.17, 15) is 4.79 Å². The number of anilines is 1. The summed E-state index contributed by atoms with van der Waals surface area (Å²) in [6.07, 6.45) is 0. The maximum atomic E-state index is 11.1. The van der Waals surface area contributed by atoms with Crippen LogP contribution in [0.3, 0.4) is 0 Å². The summed E-state index contributed by atoms with van der Waals surface area (Å²) in [7, 11) is 0. The van der Waals surface area contributed by atoms with Crippen LogP contribution in [0.1, 0.15) is 5.56 Å². The summed E-state index contributed by atoms with van der Waals surface area (Å²) in [6, 6.07) is 9.42. The number of aromatic amines is 1. The number of nitrogens with one attached hydrogen (secondary N) is 1. The molecule has 76 valence electrons. The number of nitrogens with zero attached hydrogens (tertiary/aromatic N) is 1. The van der Waals surface area contributed by atoms with Crippen LogP contribution in [0.15, 0.2) is 35.1 Å². The molecule has 0 fully saturated rings. The molecule has 2 aromatic rings. The van der Waals surface area contributed by atoms with Gasteiger partial charge >= 0.3 is 5.69 Å². The van der Waals surface area contributed by atoms with Crippen LogP contribution in [-0.4, -0.2) is 9.97 Å². The van der Waals surface area contributed by atoms with Gasteiger partial charge in [0.25, 0.3) is 0 Å². The van der Waals surface area contributed by atoms with Crippen molar-refractivity contribution in [1.82, 2.24) is 9.97 Å². The Labute approximate surface area is 86.8 Å². The molecule has 0 saturated heterocycles. The SMILES string of the molecule is Cc1ccccc1-c1cc(N)nc(=O)[nH]1.